The van der Waals surface area contributed by atoms with E-state index in [0.717, 1.165) is 19.3 Å². The molecule has 0 radical (unpaired) electrons. The second-order valence-electron chi connectivity index (χ2n) is 5.12. The SMILES string of the molecule is CCCC(C)(NC(=O)CC1CCC1)C(=O)OC. The summed E-state index contributed by atoms with van der Waals surface area (Å²) in [6.45, 7) is 3.72. The van der Waals surface area contributed by atoms with E-state index in [1.54, 1.807) is 6.92 Å². The molecule has 0 aromatic heterocycles. The first-order valence-corrected chi connectivity index (χ1v) is 6.41. The minimum Gasteiger partial charge on any atom is -0.467 e. The Balaban J connectivity index is 2.52. The van der Waals surface area contributed by atoms with Gasteiger partial charge in [-0.25, -0.2) is 4.79 Å². The van der Waals surface area contributed by atoms with Crippen molar-refractivity contribution in [2.24, 2.45) is 5.92 Å². The van der Waals surface area contributed by atoms with Crippen LogP contribution in [0.3, 0.4) is 0 Å². The van der Waals surface area contributed by atoms with Crippen molar-refractivity contribution in [1.82, 2.24) is 5.32 Å². The van der Waals surface area contributed by atoms with Gasteiger partial charge in [-0.2, -0.15) is 0 Å². The van der Waals surface area contributed by atoms with Crippen molar-refractivity contribution >= 4 is 11.9 Å². The molecule has 1 N–H and O–H groups in total. The third kappa shape index (κ3) is 3.72. The lowest BCUT2D eigenvalue weighted by molar-refractivity contribution is -0.150. The molecule has 0 spiro atoms. The number of nitrogens with one attached hydrogen (secondary N) is 1. The van der Waals surface area contributed by atoms with Crippen molar-refractivity contribution < 1.29 is 14.3 Å². The van der Waals surface area contributed by atoms with Crippen LogP contribution in [-0.4, -0.2) is 24.5 Å². The van der Waals surface area contributed by atoms with Crippen LogP contribution in [0, 0.1) is 5.92 Å². The normalized spacial score (nSPS) is 19.0. The Hall–Kier alpha value is -1.06. The van der Waals surface area contributed by atoms with Gasteiger partial charge in [0.05, 0.1) is 7.11 Å². The number of ether oxygens (including phenoxy) is 1. The van der Waals surface area contributed by atoms with E-state index in [9.17, 15) is 9.59 Å². The Kier molecular flexibility index (Phi) is 4.97. The zero-order valence-electron chi connectivity index (χ0n) is 11.0. The highest BCUT2D eigenvalue weighted by Crippen LogP contribution is 2.29. The van der Waals surface area contributed by atoms with Crippen LogP contribution in [0.2, 0.25) is 0 Å². The van der Waals surface area contributed by atoms with Gasteiger partial charge in [-0.1, -0.05) is 19.8 Å². The maximum Gasteiger partial charge on any atom is 0.331 e. The molecule has 0 saturated heterocycles. The Labute approximate surface area is 103 Å². The third-order valence-corrected chi connectivity index (χ3v) is 3.50. The van der Waals surface area contributed by atoms with Gasteiger partial charge in [0.1, 0.15) is 5.54 Å². The van der Waals surface area contributed by atoms with Gasteiger partial charge in [0, 0.05) is 6.42 Å². The molecule has 1 saturated carbocycles. The van der Waals surface area contributed by atoms with Crippen LogP contribution in [-0.2, 0) is 14.3 Å². The van der Waals surface area contributed by atoms with E-state index < -0.39 is 5.54 Å². The summed E-state index contributed by atoms with van der Waals surface area (Å²) in [6, 6.07) is 0. The van der Waals surface area contributed by atoms with Gasteiger partial charge in [0.2, 0.25) is 5.91 Å². The summed E-state index contributed by atoms with van der Waals surface area (Å²) in [6.07, 6.45) is 5.47. The number of methoxy groups -OCH3 is 1. The van der Waals surface area contributed by atoms with Gasteiger partial charge in [-0.3, -0.25) is 4.79 Å². The lowest BCUT2D eigenvalue weighted by Crippen LogP contribution is -2.53. The smallest absolute Gasteiger partial charge is 0.331 e. The van der Waals surface area contributed by atoms with E-state index in [1.807, 2.05) is 6.92 Å². The molecule has 1 fully saturated rings. The fourth-order valence-corrected chi connectivity index (χ4v) is 2.26. The predicted octanol–water partition coefficient (Wildman–Crippen LogP) is 2.02. The molecule has 1 aliphatic carbocycles. The maximum absolute atomic E-state index is 11.8. The second kappa shape index (κ2) is 6.03. The van der Waals surface area contributed by atoms with Crippen molar-refractivity contribution in [3.63, 3.8) is 0 Å². The highest BCUT2D eigenvalue weighted by atomic mass is 16.5. The molecule has 4 nitrogen and oxygen atoms in total. The van der Waals surface area contributed by atoms with Crippen LogP contribution in [0.1, 0.15) is 52.4 Å². The fraction of sp³-hybridized carbons (Fsp3) is 0.846. The van der Waals surface area contributed by atoms with Crippen LogP contribution in [0.25, 0.3) is 0 Å². The Morgan fingerprint density at radius 1 is 1.41 bits per heavy atom. The molecular weight excluding hydrogens is 218 g/mol. The first kappa shape index (κ1) is 14.0. The van der Waals surface area contributed by atoms with Crippen LogP contribution in [0.4, 0.5) is 0 Å². The van der Waals surface area contributed by atoms with Crippen molar-refractivity contribution in [3.05, 3.63) is 0 Å². The molecule has 1 atom stereocenters. The fourth-order valence-electron chi connectivity index (χ4n) is 2.26. The lowest BCUT2D eigenvalue weighted by atomic mass is 9.82. The number of rotatable bonds is 6. The number of amides is 1. The number of hydrogen-bond donors (Lipinski definition) is 1. The molecule has 0 bridgehead atoms. The standard InChI is InChI=1S/C13H23NO3/c1-4-8-13(2,12(16)17-3)14-11(15)9-10-6-5-7-10/h10H,4-9H2,1-3H3,(H,14,15). The molecule has 0 aromatic carbocycles. The van der Waals surface area contributed by atoms with Crippen molar-refractivity contribution in [1.29, 1.82) is 0 Å². The van der Waals surface area contributed by atoms with Gasteiger partial charge in [-0.15, -0.1) is 0 Å². The molecule has 0 aliphatic heterocycles. The highest BCUT2D eigenvalue weighted by Gasteiger charge is 2.35. The summed E-state index contributed by atoms with van der Waals surface area (Å²) < 4.78 is 4.76. The first-order chi connectivity index (χ1) is 8.01. The van der Waals surface area contributed by atoms with Gasteiger partial charge in [0.15, 0.2) is 0 Å². The molecule has 0 heterocycles. The monoisotopic (exact) mass is 241 g/mol. The Morgan fingerprint density at radius 2 is 2.06 bits per heavy atom. The molecule has 1 amide bonds. The number of carbonyl (C=O) groups excluding carboxylic acids is 2. The largest absolute Gasteiger partial charge is 0.467 e. The van der Waals surface area contributed by atoms with Gasteiger partial charge in [-0.05, 0) is 32.1 Å². The van der Waals surface area contributed by atoms with Crippen LogP contribution < -0.4 is 5.32 Å². The van der Waals surface area contributed by atoms with E-state index in [1.165, 1.54) is 13.5 Å². The highest BCUT2D eigenvalue weighted by molar-refractivity contribution is 5.87. The topological polar surface area (TPSA) is 55.4 Å². The molecule has 98 valence electrons. The second-order valence-corrected chi connectivity index (χ2v) is 5.12. The molecule has 1 rings (SSSR count). The maximum atomic E-state index is 11.8. The number of hydrogen-bond acceptors (Lipinski definition) is 3. The average Bonchev–Trinajstić information content (AvgIpc) is 2.22. The molecule has 4 heteroatoms. The zero-order valence-corrected chi connectivity index (χ0v) is 11.0. The first-order valence-electron chi connectivity index (χ1n) is 6.41. The third-order valence-electron chi connectivity index (χ3n) is 3.50. The molecular formula is C13H23NO3. The predicted molar refractivity (Wildman–Crippen MR) is 65.4 cm³/mol. The molecule has 0 aromatic rings. The summed E-state index contributed by atoms with van der Waals surface area (Å²) in [7, 11) is 1.36. The number of carbonyl (C=O) groups is 2. The minimum absolute atomic E-state index is 0.0314. The van der Waals surface area contributed by atoms with Crippen LogP contribution in [0.5, 0.6) is 0 Å². The van der Waals surface area contributed by atoms with Gasteiger partial charge < -0.3 is 10.1 Å². The van der Waals surface area contributed by atoms with Gasteiger partial charge >= 0.3 is 5.97 Å². The quantitative estimate of drug-likeness (QED) is 0.724. The summed E-state index contributed by atoms with van der Waals surface area (Å²) in [5.74, 6) is 0.121. The van der Waals surface area contributed by atoms with E-state index in [-0.39, 0.29) is 11.9 Å². The molecule has 17 heavy (non-hydrogen) atoms. The Bertz CT molecular complexity index is 286. The van der Waals surface area contributed by atoms with E-state index in [2.05, 4.69) is 5.32 Å². The molecule has 1 unspecified atom stereocenters. The van der Waals surface area contributed by atoms with E-state index in [0.29, 0.717) is 18.8 Å². The zero-order chi connectivity index (χ0) is 12.9. The summed E-state index contributed by atoms with van der Waals surface area (Å²) >= 11 is 0. The van der Waals surface area contributed by atoms with Crippen molar-refractivity contribution in [3.8, 4) is 0 Å². The summed E-state index contributed by atoms with van der Waals surface area (Å²) in [5.41, 5.74) is -0.871. The lowest BCUT2D eigenvalue weighted by Gasteiger charge is -2.30. The Morgan fingerprint density at radius 3 is 2.47 bits per heavy atom. The number of esters is 1. The average molecular weight is 241 g/mol. The minimum atomic E-state index is -0.871. The van der Waals surface area contributed by atoms with Crippen LogP contribution in [0.15, 0.2) is 0 Å². The summed E-state index contributed by atoms with van der Waals surface area (Å²) in [4.78, 5) is 23.5. The van der Waals surface area contributed by atoms with Crippen molar-refractivity contribution in [2.75, 3.05) is 7.11 Å². The van der Waals surface area contributed by atoms with Crippen LogP contribution >= 0.6 is 0 Å². The van der Waals surface area contributed by atoms with E-state index in [4.69, 9.17) is 4.74 Å². The molecule has 1 aliphatic rings. The van der Waals surface area contributed by atoms with Crippen molar-refractivity contribution in [2.45, 2.75) is 57.9 Å². The van der Waals surface area contributed by atoms with Gasteiger partial charge in [0.25, 0.3) is 0 Å². The summed E-state index contributed by atoms with van der Waals surface area (Å²) in [5, 5.41) is 2.83. The van der Waals surface area contributed by atoms with E-state index >= 15 is 0 Å².